The maximum atomic E-state index is 8.44. The van der Waals surface area contributed by atoms with Crippen LogP contribution in [0.15, 0.2) is 120 Å². The first-order valence-corrected chi connectivity index (χ1v) is 19.8. The molecule has 0 atom stereocenters. The first-order chi connectivity index (χ1) is 22.9. The smallest absolute Gasteiger partial charge is 0.121 e. The Hall–Kier alpha value is -4.15. The van der Waals surface area contributed by atoms with Crippen LogP contribution in [0.2, 0.25) is 19.6 Å². The maximum Gasteiger partial charge on any atom is 0.121 e. The molecule has 0 aliphatic heterocycles. The average Bonchev–Trinajstić information content (AvgIpc) is 3.46. The van der Waals surface area contributed by atoms with Crippen molar-refractivity contribution in [1.29, 1.82) is 0 Å². The molecule has 0 saturated heterocycles. The van der Waals surface area contributed by atoms with Crippen LogP contribution < -0.4 is 5.19 Å². The van der Waals surface area contributed by atoms with Gasteiger partial charge in [0.15, 0.2) is 0 Å². The van der Waals surface area contributed by atoms with E-state index in [4.69, 9.17) is 5.79 Å². The summed E-state index contributed by atoms with van der Waals surface area (Å²) in [5.41, 5.74) is 10.1. The molecule has 0 unspecified atom stereocenters. The molecule has 3 nitrogen and oxygen atoms in total. The molecule has 0 N–H and O–H groups in total. The summed E-state index contributed by atoms with van der Waals surface area (Å²) in [5.74, 6) is -0.160. The van der Waals surface area contributed by atoms with Gasteiger partial charge in [-0.3, -0.25) is 0 Å². The summed E-state index contributed by atoms with van der Waals surface area (Å²) in [6.07, 6.45) is 3.85. The van der Waals surface area contributed by atoms with Gasteiger partial charge in [0, 0.05) is 39.3 Å². The molecule has 3 aromatic heterocycles. The van der Waals surface area contributed by atoms with Gasteiger partial charge in [-0.05, 0) is 51.6 Å². The Morgan fingerprint density at radius 2 is 1.50 bits per heavy atom. The first kappa shape index (κ1) is 33.7. The van der Waals surface area contributed by atoms with Crippen molar-refractivity contribution in [2.75, 3.05) is 0 Å². The summed E-state index contributed by atoms with van der Waals surface area (Å²) >= 11 is 0. The Kier molecular flexibility index (Phi) is 10.5. The van der Waals surface area contributed by atoms with E-state index in [1.165, 1.54) is 16.3 Å². The molecule has 0 fully saturated rings. The molecule has 0 aliphatic rings. The summed E-state index contributed by atoms with van der Waals surface area (Å²) in [6.45, 7) is 15.2. The number of pyridine rings is 2. The second kappa shape index (κ2) is 14.9. The largest absolute Gasteiger partial charge is 0.501 e. The summed E-state index contributed by atoms with van der Waals surface area (Å²) in [4.78, 5) is 9.20. The zero-order chi connectivity index (χ0) is 34.1. The molecule has 0 aliphatic carbocycles. The third-order valence-electron chi connectivity index (χ3n) is 8.48. The summed E-state index contributed by atoms with van der Waals surface area (Å²) in [6, 6.07) is 41.5. The van der Waals surface area contributed by atoms with Crippen LogP contribution in [0.5, 0.6) is 0 Å². The monoisotopic (exact) mass is 824 g/mol. The average molecular weight is 824 g/mol. The van der Waals surface area contributed by atoms with E-state index in [2.05, 4.69) is 122 Å². The van der Waals surface area contributed by atoms with E-state index in [1.807, 2.05) is 62.6 Å². The van der Waals surface area contributed by atoms with Gasteiger partial charge in [-0.15, -0.1) is 54.1 Å². The van der Waals surface area contributed by atoms with Crippen LogP contribution in [0.1, 0.15) is 52.0 Å². The number of hydrogen-bond acceptors (Lipinski definition) is 3. The molecule has 0 spiro atoms. The molecule has 0 bridgehead atoms. The number of fused-ring (bicyclic) bond motifs is 3. The molecule has 7 aromatic rings. The third-order valence-corrected chi connectivity index (χ3v) is 10.5. The van der Waals surface area contributed by atoms with Gasteiger partial charge >= 0.3 is 0 Å². The van der Waals surface area contributed by atoms with Crippen molar-refractivity contribution < 1.29 is 25.9 Å². The Labute approximate surface area is 301 Å². The van der Waals surface area contributed by atoms with Crippen molar-refractivity contribution in [2.24, 2.45) is 0 Å². The van der Waals surface area contributed by atoms with E-state index in [0.717, 1.165) is 55.6 Å². The van der Waals surface area contributed by atoms with Crippen molar-refractivity contribution in [3.8, 4) is 33.6 Å². The molecule has 0 saturated carbocycles. The van der Waals surface area contributed by atoms with Crippen molar-refractivity contribution in [3.05, 3.63) is 139 Å². The molecule has 48 heavy (non-hydrogen) atoms. The number of rotatable bonds is 6. The molecule has 245 valence electrons. The molecule has 5 heteroatoms. The molecule has 1 radical (unpaired) electrons. The van der Waals surface area contributed by atoms with Gasteiger partial charge in [0.1, 0.15) is 5.58 Å². The fraction of sp³-hybridized carbons (Fsp3) is 0.209. The van der Waals surface area contributed by atoms with Crippen molar-refractivity contribution in [1.82, 2.24) is 9.97 Å². The number of furan rings is 1. The van der Waals surface area contributed by atoms with Crippen LogP contribution in [0.4, 0.5) is 0 Å². The van der Waals surface area contributed by atoms with Crippen LogP contribution in [0, 0.1) is 12.1 Å². The van der Waals surface area contributed by atoms with Crippen LogP contribution in [0.3, 0.4) is 0 Å². The zero-order valence-electron chi connectivity index (χ0n) is 29.7. The van der Waals surface area contributed by atoms with Gasteiger partial charge in [-0.25, -0.2) is 0 Å². The second-order valence-corrected chi connectivity index (χ2v) is 18.6. The van der Waals surface area contributed by atoms with Gasteiger partial charge in [0.25, 0.3) is 0 Å². The normalized spacial score (nSPS) is 12.0. The van der Waals surface area contributed by atoms with E-state index in [9.17, 15) is 0 Å². The van der Waals surface area contributed by atoms with Gasteiger partial charge in [0.05, 0.1) is 13.7 Å². The second-order valence-electron chi connectivity index (χ2n) is 13.5. The van der Waals surface area contributed by atoms with Crippen LogP contribution >= 0.6 is 0 Å². The Bertz CT molecular complexity index is 2180. The SMILES string of the molecule is CC(C)c1ccnc(-c2[c-]ccc3c2oc2cc(-c4ccccc4)ccc23)c1.[2H]C(C)(C)c1cc(-c2[c-]cccc2)ncc1[Si](C)(C)C.[Ir]. The Morgan fingerprint density at radius 1 is 0.729 bits per heavy atom. The number of aromatic nitrogens is 2. The maximum absolute atomic E-state index is 8.44. The number of hydrogen-bond donors (Lipinski definition) is 0. The Morgan fingerprint density at radius 3 is 2.19 bits per heavy atom. The van der Waals surface area contributed by atoms with Crippen molar-refractivity contribution >= 4 is 35.2 Å². The minimum atomic E-state index is -1.50. The minimum absolute atomic E-state index is 0. The van der Waals surface area contributed by atoms with E-state index in [0.29, 0.717) is 5.92 Å². The molecule has 3 heterocycles. The van der Waals surface area contributed by atoms with Crippen LogP contribution in [-0.4, -0.2) is 18.0 Å². The molecular formula is C43H42IrN2OSi-2. The zero-order valence-corrected chi connectivity index (χ0v) is 32.1. The van der Waals surface area contributed by atoms with Crippen LogP contribution in [0.25, 0.3) is 55.6 Å². The summed E-state index contributed by atoms with van der Waals surface area (Å²) in [5, 5.41) is 3.49. The molecular weight excluding hydrogens is 781 g/mol. The minimum Gasteiger partial charge on any atom is -0.501 e. The van der Waals surface area contributed by atoms with Crippen molar-refractivity contribution in [2.45, 2.75) is 59.1 Å². The van der Waals surface area contributed by atoms with Gasteiger partial charge < -0.3 is 14.4 Å². The topological polar surface area (TPSA) is 38.9 Å². The Balaban J connectivity index is 0.000000199. The fourth-order valence-corrected chi connectivity index (χ4v) is 7.43. The van der Waals surface area contributed by atoms with E-state index < -0.39 is 14.0 Å². The van der Waals surface area contributed by atoms with E-state index in [-0.39, 0.29) is 20.1 Å². The van der Waals surface area contributed by atoms with Crippen molar-refractivity contribution in [3.63, 3.8) is 0 Å². The predicted molar refractivity (Wildman–Crippen MR) is 201 cm³/mol. The fourth-order valence-electron chi connectivity index (χ4n) is 5.85. The summed E-state index contributed by atoms with van der Waals surface area (Å²) < 4.78 is 14.8. The quantitative estimate of drug-likeness (QED) is 0.124. The molecule has 7 rings (SSSR count). The summed E-state index contributed by atoms with van der Waals surface area (Å²) in [7, 11) is -1.50. The van der Waals surface area contributed by atoms with Crippen LogP contribution in [-0.2, 0) is 20.1 Å². The van der Waals surface area contributed by atoms with E-state index >= 15 is 0 Å². The molecule has 4 aromatic carbocycles. The predicted octanol–water partition coefficient (Wildman–Crippen LogP) is 11.5. The van der Waals surface area contributed by atoms with E-state index in [1.54, 1.807) is 0 Å². The number of benzene rings is 4. The van der Waals surface area contributed by atoms with Gasteiger partial charge in [-0.2, -0.15) is 0 Å². The van der Waals surface area contributed by atoms with Gasteiger partial charge in [0.2, 0.25) is 0 Å². The third kappa shape index (κ3) is 7.60. The van der Waals surface area contributed by atoms with Gasteiger partial charge in [-0.1, -0.05) is 124 Å². The molecule has 0 amide bonds. The standard InChI is InChI=1S/C26H20NO.C17H22NSi.Ir/c1-17(2)19-13-14-27-24(15-19)23-10-6-9-22-21-12-11-20(16-25(21)28-26(22)23)18-7-4-3-5-8-18;1-13(2)15-11-16(14-9-7-6-8-10-14)18-12-17(15)19(3,4)5;/h3-9,11-17H,1-2H3;6-9,11-13H,1-5H3;/q2*-1;/i;13D;. The number of nitrogens with zero attached hydrogens (tertiary/aromatic N) is 2. The first-order valence-electron chi connectivity index (χ1n) is 16.8.